The lowest BCUT2D eigenvalue weighted by Crippen LogP contribution is -2.27. The van der Waals surface area contributed by atoms with E-state index in [2.05, 4.69) is 24.4 Å². The van der Waals surface area contributed by atoms with E-state index >= 15 is 0 Å². The molecule has 0 amide bonds. The molecule has 3 heteroatoms. The predicted octanol–water partition coefficient (Wildman–Crippen LogP) is 4.51. The Kier molecular flexibility index (Phi) is 5.16. The topological polar surface area (TPSA) is 12.0 Å². The second-order valence-corrected chi connectivity index (χ2v) is 5.61. The fourth-order valence-corrected chi connectivity index (χ4v) is 2.43. The predicted molar refractivity (Wildman–Crippen MR) is 82.6 cm³/mol. The van der Waals surface area contributed by atoms with Gasteiger partial charge in [-0.25, -0.2) is 4.39 Å². The van der Waals surface area contributed by atoms with Gasteiger partial charge in [-0.1, -0.05) is 35.9 Å². The van der Waals surface area contributed by atoms with E-state index in [4.69, 9.17) is 11.6 Å². The van der Waals surface area contributed by atoms with Crippen LogP contribution >= 0.6 is 11.6 Å². The van der Waals surface area contributed by atoms with Gasteiger partial charge in [-0.3, -0.25) is 0 Å². The Bertz CT molecular complexity index is 566. The van der Waals surface area contributed by atoms with E-state index in [-0.39, 0.29) is 5.82 Å². The molecule has 0 fully saturated rings. The van der Waals surface area contributed by atoms with Crippen LogP contribution in [0.2, 0.25) is 5.02 Å². The summed E-state index contributed by atoms with van der Waals surface area (Å²) in [4.78, 5) is 0. The molecular weight excluding hydrogens is 273 g/mol. The molecule has 0 aliphatic carbocycles. The number of nitrogens with one attached hydrogen (secondary N) is 1. The van der Waals surface area contributed by atoms with E-state index in [0.717, 1.165) is 34.7 Å². The zero-order chi connectivity index (χ0) is 14.5. The van der Waals surface area contributed by atoms with Crippen molar-refractivity contribution in [3.63, 3.8) is 0 Å². The van der Waals surface area contributed by atoms with E-state index in [1.807, 2.05) is 25.1 Å². The summed E-state index contributed by atoms with van der Waals surface area (Å²) in [5.41, 5.74) is 3.39. The highest BCUT2D eigenvalue weighted by molar-refractivity contribution is 6.31. The molecule has 2 aromatic carbocycles. The van der Waals surface area contributed by atoms with Gasteiger partial charge in [0.15, 0.2) is 0 Å². The Hall–Kier alpha value is -1.38. The molecule has 1 nitrogen and oxygen atoms in total. The molecule has 1 atom stereocenters. The minimum absolute atomic E-state index is 0.194. The Morgan fingerprint density at radius 3 is 2.50 bits per heavy atom. The maximum Gasteiger partial charge on any atom is 0.123 e. The highest BCUT2D eigenvalue weighted by Gasteiger charge is 2.05. The number of rotatable bonds is 5. The van der Waals surface area contributed by atoms with E-state index < -0.39 is 0 Å². The van der Waals surface area contributed by atoms with Crippen LogP contribution in [0.1, 0.15) is 23.6 Å². The summed E-state index contributed by atoms with van der Waals surface area (Å²) >= 11 is 6.21. The maximum atomic E-state index is 12.8. The third-order valence-corrected chi connectivity index (χ3v) is 3.66. The van der Waals surface area contributed by atoms with Crippen molar-refractivity contribution in [2.24, 2.45) is 0 Å². The second-order valence-electron chi connectivity index (χ2n) is 5.21. The van der Waals surface area contributed by atoms with Crippen LogP contribution in [0.3, 0.4) is 0 Å². The number of hydrogen-bond donors (Lipinski definition) is 1. The molecule has 0 bridgehead atoms. The first-order chi connectivity index (χ1) is 9.54. The fraction of sp³-hybridized carbons (Fsp3) is 0.294. The monoisotopic (exact) mass is 291 g/mol. The summed E-state index contributed by atoms with van der Waals surface area (Å²) in [6.45, 7) is 4.88. The van der Waals surface area contributed by atoms with Crippen molar-refractivity contribution in [3.8, 4) is 0 Å². The van der Waals surface area contributed by atoms with Gasteiger partial charge in [0.1, 0.15) is 5.82 Å². The zero-order valence-electron chi connectivity index (χ0n) is 11.8. The average Bonchev–Trinajstić information content (AvgIpc) is 2.40. The molecule has 2 rings (SSSR count). The first kappa shape index (κ1) is 15.0. The van der Waals surface area contributed by atoms with Crippen LogP contribution in [-0.2, 0) is 13.0 Å². The lowest BCUT2D eigenvalue weighted by atomic mass is 10.1. The summed E-state index contributed by atoms with van der Waals surface area (Å²) in [7, 11) is 0. The Morgan fingerprint density at radius 2 is 1.85 bits per heavy atom. The lowest BCUT2D eigenvalue weighted by Gasteiger charge is -2.15. The summed E-state index contributed by atoms with van der Waals surface area (Å²) in [5.74, 6) is -0.194. The van der Waals surface area contributed by atoms with E-state index in [1.54, 1.807) is 0 Å². The molecule has 106 valence electrons. The average molecular weight is 292 g/mol. The molecule has 2 aromatic rings. The third kappa shape index (κ3) is 4.32. The molecule has 0 saturated carbocycles. The molecule has 1 N–H and O–H groups in total. The van der Waals surface area contributed by atoms with Crippen molar-refractivity contribution in [2.45, 2.75) is 32.9 Å². The number of hydrogen-bond acceptors (Lipinski definition) is 1. The number of benzene rings is 2. The fourth-order valence-electron chi connectivity index (χ4n) is 2.13. The first-order valence-electron chi connectivity index (χ1n) is 6.77. The Labute approximate surface area is 124 Å². The quantitative estimate of drug-likeness (QED) is 0.855. The molecule has 0 aliphatic rings. The van der Waals surface area contributed by atoms with Crippen LogP contribution in [0.4, 0.5) is 4.39 Å². The molecule has 0 aliphatic heterocycles. The Morgan fingerprint density at radius 1 is 1.15 bits per heavy atom. The van der Waals surface area contributed by atoms with Gasteiger partial charge < -0.3 is 5.32 Å². The number of aryl methyl sites for hydroxylation is 1. The van der Waals surface area contributed by atoms with Gasteiger partial charge in [-0.15, -0.1) is 0 Å². The SMILES string of the molecule is Cc1ccc(CNC(C)Cc2ccc(F)cc2)c(Cl)c1. The second kappa shape index (κ2) is 6.87. The van der Waals surface area contributed by atoms with E-state index in [0.29, 0.717) is 6.04 Å². The van der Waals surface area contributed by atoms with Crippen LogP contribution in [0.5, 0.6) is 0 Å². The summed E-state index contributed by atoms with van der Waals surface area (Å²) in [6.07, 6.45) is 0.865. The zero-order valence-corrected chi connectivity index (χ0v) is 12.5. The standard InChI is InChI=1S/C17H19ClFN/c1-12-3-6-15(17(18)9-12)11-20-13(2)10-14-4-7-16(19)8-5-14/h3-9,13,20H,10-11H2,1-2H3. The maximum absolute atomic E-state index is 12.8. The highest BCUT2D eigenvalue weighted by atomic mass is 35.5. The molecule has 0 aromatic heterocycles. The lowest BCUT2D eigenvalue weighted by molar-refractivity contribution is 0.544. The van der Waals surface area contributed by atoms with Crippen LogP contribution in [0, 0.1) is 12.7 Å². The van der Waals surface area contributed by atoms with Crippen LogP contribution in [0.15, 0.2) is 42.5 Å². The summed E-state index contributed by atoms with van der Waals surface area (Å²) in [5, 5.41) is 4.24. The first-order valence-corrected chi connectivity index (χ1v) is 7.15. The van der Waals surface area contributed by atoms with Gasteiger partial charge >= 0.3 is 0 Å². The van der Waals surface area contributed by atoms with E-state index in [9.17, 15) is 4.39 Å². The normalized spacial score (nSPS) is 12.4. The van der Waals surface area contributed by atoms with Gasteiger partial charge in [0.2, 0.25) is 0 Å². The molecule has 0 saturated heterocycles. The molecule has 0 radical (unpaired) electrons. The Balaban J connectivity index is 1.88. The third-order valence-electron chi connectivity index (χ3n) is 3.30. The molecule has 0 spiro atoms. The smallest absolute Gasteiger partial charge is 0.123 e. The number of halogens is 2. The van der Waals surface area contributed by atoms with Crippen molar-refractivity contribution in [2.75, 3.05) is 0 Å². The van der Waals surface area contributed by atoms with Gasteiger partial charge in [-0.05, 0) is 55.2 Å². The van der Waals surface area contributed by atoms with Crippen molar-refractivity contribution in [1.82, 2.24) is 5.32 Å². The van der Waals surface area contributed by atoms with Gasteiger partial charge in [0.05, 0.1) is 0 Å². The van der Waals surface area contributed by atoms with Crippen molar-refractivity contribution >= 4 is 11.6 Å². The summed E-state index contributed by atoms with van der Waals surface area (Å²) in [6, 6.07) is 13.0. The van der Waals surface area contributed by atoms with Gasteiger partial charge in [0, 0.05) is 17.6 Å². The molecule has 0 heterocycles. The van der Waals surface area contributed by atoms with Gasteiger partial charge in [-0.2, -0.15) is 0 Å². The minimum atomic E-state index is -0.194. The highest BCUT2D eigenvalue weighted by Crippen LogP contribution is 2.17. The molecular formula is C17H19ClFN. The minimum Gasteiger partial charge on any atom is -0.310 e. The molecule has 1 unspecified atom stereocenters. The van der Waals surface area contributed by atoms with Crippen LogP contribution in [0.25, 0.3) is 0 Å². The van der Waals surface area contributed by atoms with Gasteiger partial charge in [0.25, 0.3) is 0 Å². The summed E-state index contributed by atoms with van der Waals surface area (Å²) < 4.78 is 12.8. The van der Waals surface area contributed by atoms with Crippen molar-refractivity contribution < 1.29 is 4.39 Å². The largest absolute Gasteiger partial charge is 0.310 e. The van der Waals surface area contributed by atoms with Crippen molar-refractivity contribution in [1.29, 1.82) is 0 Å². The van der Waals surface area contributed by atoms with Crippen molar-refractivity contribution in [3.05, 3.63) is 70.0 Å². The van der Waals surface area contributed by atoms with E-state index in [1.165, 1.54) is 12.1 Å². The molecule has 20 heavy (non-hydrogen) atoms. The van der Waals surface area contributed by atoms with Crippen LogP contribution in [-0.4, -0.2) is 6.04 Å². The van der Waals surface area contributed by atoms with Crippen LogP contribution < -0.4 is 5.32 Å².